The van der Waals surface area contributed by atoms with E-state index in [0.717, 1.165) is 29.8 Å². The first-order valence-electron chi connectivity index (χ1n) is 7.26. The lowest BCUT2D eigenvalue weighted by Gasteiger charge is -2.35. The van der Waals surface area contributed by atoms with E-state index in [4.69, 9.17) is 0 Å². The Morgan fingerprint density at radius 2 is 1.84 bits per heavy atom. The summed E-state index contributed by atoms with van der Waals surface area (Å²) in [6.07, 6.45) is 4.57. The highest BCUT2D eigenvalue weighted by Gasteiger charge is 2.41. The molecule has 2 fully saturated rings. The summed E-state index contributed by atoms with van der Waals surface area (Å²) in [5.41, 5.74) is 2.70. The van der Waals surface area contributed by atoms with E-state index in [2.05, 4.69) is 16.9 Å². The van der Waals surface area contributed by atoms with Crippen LogP contribution in [0, 0.1) is 19.8 Å². The minimum atomic E-state index is 0.205. The average molecular weight is 258 g/mol. The van der Waals surface area contributed by atoms with Crippen molar-refractivity contribution in [1.82, 2.24) is 9.88 Å². The van der Waals surface area contributed by atoms with Crippen LogP contribution in [0.4, 0.5) is 0 Å². The highest BCUT2D eigenvalue weighted by molar-refractivity contribution is 5.98. The van der Waals surface area contributed by atoms with Crippen LogP contribution in [0.3, 0.4) is 0 Å². The lowest BCUT2D eigenvalue weighted by atomic mass is 9.84. The molecule has 2 aliphatic heterocycles. The molecule has 0 spiro atoms. The van der Waals surface area contributed by atoms with Gasteiger partial charge in [0.15, 0.2) is 5.78 Å². The second-order valence-corrected chi connectivity index (χ2v) is 6.17. The minimum Gasteiger partial charge on any atom is -0.300 e. The van der Waals surface area contributed by atoms with Crippen molar-refractivity contribution in [3.63, 3.8) is 0 Å². The predicted molar refractivity (Wildman–Crippen MR) is 75.3 cm³/mol. The molecule has 2 atom stereocenters. The molecule has 0 saturated carbocycles. The largest absolute Gasteiger partial charge is 0.300 e. The third kappa shape index (κ3) is 2.20. The highest BCUT2D eigenvalue weighted by Crippen LogP contribution is 2.38. The smallest absolute Gasteiger partial charge is 0.167 e. The SMILES string of the molecule is Cc1ccc(C(=O)C2CC3CCC(C2)N3C)c(C)n1. The van der Waals surface area contributed by atoms with Crippen molar-refractivity contribution < 1.29 is 4.79 Å². The van der Waals surface area contributed by atoms with Crippen LogP contribution in [0.25, 0.3) is 0 Å². The Balaban J connectivity index is 1.81. The molecule has 102 valence electrons. The molecule has 0 aromatic carbocycles. The maximum Gasteiger partial charge on any atom is 0.167 e. The van der Waals surface area contributed by atoms with Crippen LogP contribution in [0.1, 0.15) is 47.4 Å². The standard InChI is InChI=1S/C16H22N2O/c1-10-4-7-15(11(2)17-10)16(19)12-8-13-5-6-14(9-12)18(13)3/h4,7,12-14H,5-6,8-9H2,1-3H3. The molecule has 0 N–H and O–H groups in total. The zero-order valence-corrected chi connectivity index (χ0v) is 12.0. The van der Waals surface area contributed by atoms with Gasteiger partial charge in [-0.05, 0) is 58.7 Å². The number of rotatable bonds is 2. The number of carbonyl (C=O) groups excluding carboxylic acids is 1. The van der Waals surface area contributed by atoms with E-state index < -0.39 is 0 Å². The molecule has 0 amide bonds. The fourth-order valence-corrected chi connectivity index (χ4v) is 3.79. The van der Waals surface area contributed by atoms with Crippen molar-refractivity contribution in [2.45, 2.75) is 51.6 Å². The monoisotopic (exact) mass is 258 g/mol. The number of piperidine rings is 1. The van der Waals surface area contributed by atoms with E-state index in [-0.39, 0.29) is 5.92 Å². The molecule has 2 unspecified atom stereocenters. The summed E-state index contributed by atoms with van der Waals surface area (Å²) in [6.45, 7) is 3.92. The average Bonchev–Trinajstić information content (AvgIpc) is 2.61. The Kier molecular flexibility index (Phi) is 3.17. The van der Waals surface area contributed by atoms with Gasteiger partial charge in [-0.1, -0.05) is 0 Å². The van der Waals surface area contributed by atoms with Crippen LogP contribution in [0.15, 0.2) is 12.1 Å². The summed E-state index contributed by atoms with van der Waals surface area (Å²) in [6, 6.07) is 5.14. The topological polar surface area (TPSA) is 33.2 Å². The minimum absolute atomic E-state index is 0.205. The van der Waals surface area contributed by atoms with Gasteiger partial charge in [0.1, 0.15) is 0 Å². The summed E-state index contributed by atoms with van der Waals surface area (Å²) < 4.78 is 0. The van der Waals surface area contributed by atoms with Crippen molar-refractivity contribution in [3.05, 3.63) is 29.1 Å². The molecule has 1 aromatic heterocycles. The Morgan fingerprint density at radius 3 is 2.42 bits per heavy atom. The van der Waals surface area contributed by atoms with E-state index in [1.165, 1.54) is 12.8 Å². The molecule has 3 heteroatoms. The Morgan fingerprint density at radius 1 is 1.21 bits per heavy atom. The molecule has 3 rings (SSSR count). The number of Topliss-reactive ketones (excluding diaryl/α,β-unsaturated/α-hetero) is 1. The lowest BCUT2D eigenvalue weighted by molar-refractivity contribution is 0.0766. The third-order valence-electron chi connectivity index (χ3n) is 4.96. The first-order chi connectivity index (χ1) is 9.06. The second-order valence-electron chi connectivity index (χ2n) is 6.17. The number of nitrogens with zero attached hydrogens (tertiary/aromatic N) is 2. The Hall–Kier alpha value is -1.22. The summed E-state index contributed by atoms with van der Waals surface area (Å²) in [5, 5.41) is 0. The molecule has 2 bridgehead atoms. The number of ketones is 1. The summed E-state index contributed by atoms with van der Waals surface area (Å²) in [4.78, 5) is 19.6. The molecule has 2 aliphatic rings. The van der Waals surface area contributed by atoms with E-state index >= 15 is 0 Å². The first kappa shape index (κ1) is 12.8. The van der Waals surface area contributed by atoms with Crippen LogP contribution in [-0.4, -0.2) is 34.8 Å². The van der Waals surface area contributed by atoms with Crippen LogP contribution in [-0.2, 0) is 0 Å². The summed E-state index contributed by atoms with van der Waals surface area (Å²) in [7, 11) is 2.21. The van der Waals surface area contributed by atoms with E-state index in [0.29, 0.717) is 17.9 Å². The van der Waals surface area contributed by atoms with Crippen molar-refractivity contribution in [1.29, 1.82) is 0 Å². The highest BCUT2D eigenvalue weighted by atomic mass is 16.1. The third-order valence-corrected chi connectivity index (χ3v) is 4.96. The van der Waals surface area contributed by atoms with Crippen molar-refractivity contribution in [2.24, 2.45) is 5.92 Å². The molecule has 1 aromatic rings. The van der Waals surface area contributed by atoms with E-state index in [1.54, 1.807) is 0 Å². The van der Waals surface area contributed by atoms with Crippen molar-refractivity contribution in [3.8, 4) is 0 Å². The van der Waals surface area contributed by atoms with Crippen LogP contribution >= 0.6 is 0 Å². The van der Waals surface area contributed by atoms with Gasteiger partial charge in [0.2, 0.25) is 0 Å². The van der Waals surface area contributed by atoms with Gasteiger partial charge in [0, 0.05) is 35.0 Å². The van der Waals surface area contributed by atoms with Gasteiger partial charge in [-0.15, -0.1) is 0 Å². The first-order valence-corrected chi connectivity index (χ1v) is 7.26. The Bertz CT molecular complexity index is 497. The molecule has 2 saturated heterocycles. The van der Waals surface area contributed by atoms with E-state index in [1.807, 2.05) is 26.0 Å². The fraction of sp³-hybridized carbons (Fsp3) is 0.625. The van der Waals surface area contributed by atoms with Gasteiger partial charge < -0.3 is 4.90 Å². The molecule has 19 heavy (non-hydrogen) atoms. The number of hydrogen-bond acceptors (Lipinski definition) is 3. The molecule has 0 radical (unpaired) electrons. The van der Waals surface area contributed by atoms with Gasteiger partial charge in [0.05, 0.1) is 0 Å². The zero-order chi connectivity index (χ0) is 13.6. The van der Waals surface area contributed by atoms with Gasteiger partial charge in [-0.3, -0.25) is 9.78 Å². The summed E-state index contributed by atoms with van der Waals surface area (Å²) in [5.74, 6) is 0.520. The molecule has 0 aliphatic carbocycles. The molecular formula is C16H22N2O. The van der Waals surface area contributed by atoms with Crippen LogP contribution in [0.5, 0.6) is 0 Å². The van der Waals surface area contributed by atoms with Crippen molar-refractivity contribution in [2.75, 3.05) is 7.05 Å². The van der Waals surface area contributed by atoms with Crippen LogP contribution in [0.2, 0.25) is 0 Å². The Labute approximate surface area is 115 Å². The summed E-state index contributed by atoms with van der Waals surface area (Å²) >= 11 is 0. The van der Waals surface area contributed by atoms with Crippen molar-refractivity contribution >= 4 is 5.78 Å². The fourth-order valence-electron chi connectivity index (χ4n) is 3.79. The molecule has 3 heterocycles. The number of carbonyl (C=O) groups is 1. The molecule has 3 nitrogen and oxygen atoms in total. The maximum absolute atomic E-state index is 12.7. The second kappa shape index (κ2) is 4.71. The van der Waals surface area contributed by atoms with Gasteiger partial charge in [-0.2, -0.15) is 0 Å². The normalized spacial score (nSPS) is 30.6. The van der Waals surface area contributed by atoms with E-state index in [9.17, 15) is 4.79 Å². The lowest BCUT2D eigenvalue weighted by Crippen LogP contribution is -2.42. The number of hydrogen-bond donors (Lipinski definition) is 0. The number of fused-ring (bicyclic) bond motifs is 2. The maximum atomic E-state index is 12.7. The quantitative estimate of drug-likeness (QED) is 0.765. The van der Waals surface area contributed by atoms with Crippen LogP contribution < -0.4 is 0 Å². The predicted octanol–water partition coefficient (Wildman–Crippen LogP) is 2.75. The number of aromatic nitrogens is 1. The zero-order valence-electron chi connectivity index (χ0n) is 12.0. The van der Waals surface area contributed by atoms with Gasteiger partial charge in [0.25, 0.3) is 0 Å². The number of pyridine rings is 1. The van der Waals surface area contributed by atoms with Gasteiger partial charge >= 0.3 is 0 Å². The van der Waals surface area contributed by atoms with Gasteiger partial charge in [-0.25, -0.2) is 0 Å². The molecular weight excluding hydrogens is 236 g/mol. The number of aryl methyl sites for hydroxylation is 2.